The van der Waals surface area contributed by atoms with E-state index in [1.54, 1.807) is 11.3 Å². The van der Waals surface area contributed by atoms with Crippen molar-refractivity contribution in [3.63, 3.8) is 0 Å². The fraction of sp³-hybridized carbons (Fsp3) is 0.786. The molecular formula is C14H24N2OS. The summed E-state index contributed by atoms with van der Waals surface area (Å²) in [5.41, 5.74) is 1.16. The number of aryl methyl sites for hydroxylation is 2. The first-order valence-electron chi connectivity index (χ1n) is 6.91. The molecule has 0 radical (unpaired) electrons. The molecule has 18 heavy (non-hydrogen) atoms. The SMILES string of the molecule is Cc1nc(C)c(C(C)NCC2CCC(O)CC2)s1. The van der Waals surface area contributed by atoms with Gasteiger partial charge in [0.2, 0.25) is 0 Å². The number of aliphatic hydroxyl groups excluding tert-OH is 1. The molecule has 1 atom stereocenters. The van der Waals surface area contributed by atoms with Crippen LogP contribution in [0.4, 0.5) is 0 Å². The van der Waals surface area contributed by atoms with Gasteiger partial charge in [0.15, 0.2) is 0 Å². The molecule has 0 aromatic carbocycles. The molecule has 0 spiro atoms. The number of hydrogen-bond donors (Lipinski definition) is 2. The normalized spacial score (nSPS) is 26.2. The maximum absolute atomic E-state index is 9.49. The lowest BCUT2D eigenvalue weighted by Gasteiger charge is -2.26. The number of nitrogens with one attached hydrogen (secondary N) is 1. The predicted molar refractivity (Wildman–Crippen MR) is 76.0 cm³/mol. The fourth-order valence-electron chi connectivity index (χ4n) is 2.73. The van der Waals surface area contributed by atoms with Gasteiger partial charge in [-0.25, -0.2) is 4.98 Å². The van der Waals surface area contributed by atoms with Crippen LogP contribution in [0.5, 0.6) is 0 Å². The van der Waals surface area contributed by atoms with E-state index >= 15 is 0 Å². The monoisotopic (exact) mass is 268 g/mol. The predicted octanol–water partition coefficient (Wildman–Crippen LogP) is 2.96. The largest absolute Gasteiger partial charge is 0.393 e. The van der Waals surface area contributed by atoms with Crippen molar-refractivity contribution < 1.29 is 5.11 Å². The van der Waals surface area contributed by atoms with Crippen LogP contribution >= 0.6 is 11.3 Å². The fourth-order valence-corrected chi connectivity index (χ4v) is 3.69. The highest BCUT2D eigenvalue weighted by atomic mass is 32.1. The Morgan fingerprint density at radius 3 is 2.56 bits per heavy atom. The van der Waals surface area contributed by atoms with Crippen molar-refractivity contribution in [3.8, 4) is 0 Å². The van der Waals surface area contributed by atoms with Crippen LogP contribution in [0.1, 0.15) is 54.2 Å². The standard InChI is InChI=1S/C14H24N2OS/c1-9(14-10(2)16-11(3)18-14)15-8-12-4-6-13(17)7-5-12/h9,12-13,15,17H,4-8H2,1-3H3. The average Bonchev–Trinajstić information content (AvgIpc) is 2.67. The second-order valence-electron chi connectivity index (χ2n) is 5.49. The van der Waals surface area contributed by atoms with Crippen LogP contribution < -0.4 is 5.32 Å². The Hall–Kier alpha value is -0.450. The topological polar surface area (TPSA) is 45.2 Å². The zero-order valence-electron chi connectivity index (χ0n) is 11.6. The highest BCUT2D eigenvalue weighted by Crippen LogP contribution is 2.27. The molecule has 1 heterocycles. The molecule has 1 aromatic heterocycles. The van der Waals surface area contributed by atoms with E-state index < -0.39 is 0 Å². The molecule has 1 aliphatic rings. The second-order valence-corrected chi connectivity index (χ2v) is 6.72. The summed E-state index contributed by atoms with van der Waals surface area (Å²) in [7, 11) is 0. The van der Waals surface area contributed by atoms with Gasteiger partial charge >= 0.3 is 0 Å². The van der Waals surface area contributed by atoms with E-state index in [-0.39, 0.29) is 6.10 Å². The Labute approximate surface area is 114 Å². The van der Waals surface area contributed by atoms with Crippen LogP contribution in [0, 0.1) is 19.8 Å². The third-order valence-electron chi connectivity index (χ3n) is 3.86. The first-order valence-corrected chi connectivity index (χ1v) is 7.73. The molecule has 1 aliphatic carbocycles. The van der Waals surface area contributed by atoms with Gasteiger partial charge in [-0.2, -0.15) is 0 Å². The molecule has 0 bridgehead atoms. The molecule has 0 saturated heterocycles. The Kier molecular flexibility index (Phi) is 4.76. The number of aromatic nitrogens is 1. The Morgan fingerprint density at radius 2 is 2.00 bits per heavy atom. The number of nitrogens with zero attached hydrogens (tertiary/aromatic N) is 1. The van der Waals surface area contributed by atoms with E-state index in [0.29, 0.717) is 6.04 Å². The lowest BCUT2D eigenvalue weighted by atomic mass is 9.87. The average molecular weight is 268 g/mol. The Morgan fingerprint density at radius 1 is 1.33 bits per heavy atom. The molecule has 1 aromatic rings. The summed E-state index contributed by atoms with van der Waals surface area (Å²) in [6, 6.07) is 0.392. The van der Waals surface area contributed by atoms with E-state index in [4.69, 9.17) is 0 Å². The molecule has 3 nitrogen and oxygen atoms in total. The van der Waals surface area contributed by atoms with E-state index in [9.17, 15) is 5.11 Å². The van der Waals surface area contributed by atoms with Crippen molar-refractivity contribution in [3.05, 3.63) is 15.6 Å². The van der Waals surface area contributed by atoms with Crippen LogP contribution in [0.2, 0.25) is 0 Å². The lowest BCUT2D eigenvalue weighted by Crippen LogP contribution is -2.29. The Balaban J connectivity index is 1.81. The van der Waals surface area contributed by atoms with Crippen LogP contribution in [0.3, 0.4) is 0 Å². The summed E-state index contributed by atoms with van der Waals surface area (Å²) in [6.07, 6.45) is 4.20. The molecule has 2 N–H and O–H groups in total. The first kappa shape index (κ1) is 14.0. The first-order chi connectivity index (χ1) is 8.56. The van der Waals surface area contributed by atoms with E-state index in [2.05, 4.69) is 31.1 Å². The van der Waals surface area contributed by atoms with Crippen molar-refractivity contribution in [1.29, 1.82) is 0 Å². The van der Waals surface area contributed by atoms with Gasteiger partial charge in [-0.05, 0) is 58.9 Å². The Bertz CT molecular complexity index is 383. The smallest absolute Gasteiger partial charge is 0.0900 e. The minimum Gasteiger partial charge on any atom is -0.393 e. The molecule has 1 saturated carbocycles. The summed E-state index contributed by atoms with van der Waals surface area (Å²) < 4.78 is 0. The molecular weight excluding hydrogens is 244 g/mol. The molecule has 102 valence electrons. The second kappa shape index (κ2) is 6.13. The summed E-state index contributed by atoms with van der Waals surface area (Å²) in [5.74, 6) is 0.727. The summed E-state index contributed by atoms with van der Waals surface area (Å²) >= 11 is 1.80. The van der Waals surface area contributed by atoms with E-state index in [0.717, 1.165) is 48.8 Å². The van der Waals surface area contributed by atoms with Gasteiger partial charge in [-0.3, -0.25) is 0 Å². The van der Waals surface area contributed by atoms with Gasteiger partial charge in [-0.1, -0.05) is 0 Å². The number of hydrogen-bond acceptors (Lipinski definition) is 4. The molecule has 1 fully saturated rings. The number of thiazole rings is 1. The minimum absolute atomic E-state index is 0.0509. The third kappa shape index (κ3) is 3.53. The van der Waals surface area contributed by atoms with Crippen molar-refractivity contribution in [2.45, 2.75) is 58.6 Å². The summed E-state index contributed by atoms with van der Waals surface area (Å²) in [4.78, 5) is 5.85. The van der Waals surface area contributed by atoms with Crippen LogP contribution in [-0.4, -0.2) is 22.7 Å². The lowest BCUT2D eigenvalue weighted by molar-refractivity contribution is 0.108. The van der Waals surface area contributed by atoms with Gasteiger partial charge in [0.25, 0.3) is 0 Å². The van der Waals surface area contributed by atoms with Gasteiger partial charge in [0, 0.05) is 10.9 Å². The molecule has 4 heteroatoms. The summed E-state index contributed by atoms with van der Waals surface area (Å²) in [5, 5.41) is 14.3. The van der Waals surface area contributed by atoms with Crippen LogP contribution in [0.15, 0.2) is 0 Å². The van der Waals surface area contributed by atoms with Crippen LogP contribution in [-0.2, 0) is 0 Å². The van der Waals surface area contributed by atoms with Crippen molar-refractivity contribution >= 4 is 11.3 Å². The quantitative estimate of drug-likeness (QED) is 0.882. The molecule has 2 rings (SSSR count). The molecule has 1 unspecified atom stereocenters. The number of rotatable bonds is 4. The summed E-state index contributed by atoms with van der Waals surface area (Å²) in [6.45, 7) is 7.44. The highest BCUT2D eigenvalue weighted by Gasteiger charge is 2.20. The van der Waals surface area contributed by atoms with E-state index in [1.807, 2.05) is 0 Å². The zero-order valence-corrected chi connectivity index (χ0v) is 12.4. The van der Waals surface area contributed by atoms with Crippen molar-refractivity contribution in [2.75, 3.05) is 6.54 Å². The zero-order chi connectivity index (χ0) is 13.1. The van der Waals surface area contributed by atoms with Crippen LogP contribution in [0.25, 0.3) is 0 Å². The van der Waals surface area contributed by atoms with Gasteiger partial charge in [0.05, 0.1) is 16.8 Å². The minimum atomic E-state index is -0.0509. The maximum Gasteiger partial charge on any atom is 0.0900 e. The van der Waals surface area contributed by atoms with Gasteiger partial charge in [-0.15, -0.1) is 11.3 Å². The highest BCUT2D eigenvalue weighted by molar-refractivity contribution is 7.11. The number of aliphatic hydroxyl groups is 1. The van der Waals surface area contributed by atoms with Gasteiger partial charge in [0.1, 0.15) is 0 Å². The maximum atomic E-state index is 9.49. The van der Waals surface area contributed by atoms with Crippen molar-refractivity contribution in [1.82, 2.24) is 10.3 Å². The molecule has 0 aliphatic heterocycles. The van der Waals surface area contributed by atoms with Crippen molar-refractivity contribution in [2.24, 2.45) is 5.92 Å². The third-order valence-corrected chi connectivity index (χ3v) is 5.12. The molecule has 0 amide bonds. The van der Waals surface area contributed by atoms with Gasteiger partial charge < -0.3 is 10.4 Å². The van der Waals surface area contributed by atoms with E-state index in [1.165, 1.54) is 4.88 Å².